The first-order valence-electron chi connectivity index (χ1n) is 6.36. The molecule has 170 valence electrons. The summed E-state index contributed by atoms with van der Waals surface area (Å²) in [5.74, 6) is -55.6. The minimum atomic E-state index is -8.48. The Labute approximate surface area is 146 Å². The van der Waals surface area contributed by atoms with Gasteiger partial charge in [-0.05, 0) is 6.92 Å². The molecule has 0 heterocycles. The molecule has 0 bridgehead atoms. The minimum Gasteiger partial charge on any atom is -0.241 e. The zero-order chi connectivity index (χ0) is 23.6. The first-order chi connectivity index (χ1) is 11.7. The zero-order valence-corrected chi connectivity index (χ0v) is 15.0. The van der Waals surface area contributed by atoms with E-state index in [4.69, 9.17) is 0 Å². The fraction of sp³-hybridized carbons (Fsp3) is 1.00. The predicted octanol–water partition coefficient (Wildman–Crippen LogP) is 4.75. The number of hydrogen-bond donors (Lipinski definition) is 0. The Balaban J connectivity index is 6.72. The van der Waals surface area contributed by atoms with Gasteiger partial charge in [0.05, 0.1) is 10.2 Å². The Morgan fingerprint density at radius 2 is 0.679 bits per heavy atom. The number of halogens is 17. The van der Waals surface area contributed by atoms with E-state index in [-0.39, 0.29) is 0 Å². The maximum absolute atomic E-state index is 13.2. The summed E-state index contributed by atoms with van der Waals surface area (Å²) < 4.78 is 220. The lowest BCUT2D eigenvalue weighted by Gasteiger charge is -2.43. The normalized spacial score (nSPS) is 17.8. The van der Waals surface area contributed by atoms with Crippen LogP contribution < -0.4 is 0 Å². The molecule has 0 N–H and O–H groups in total. The van der Waals surface area contributed by atoms with E-state index in [9.17, 15) is 74.6 Å². The summed E-state index contributed by atoms with van der Waals surface area (Å²) in [5, 5.41) is 0. The van der Waals surface area contributed by atoms with Crippen LogP contribution in [0.15, 0.2) is 0 Å². The summed E-state index contributed by atoms with van der Waals surface area (Å²) in [7, 11) is -2.44. The van der Waals surface area contributed by atoms with Crippen molar-refractivity contribution < 1.29 is 74.6 Å². The van der Waals surface area contributed by atoms with Crippen LogP contribution in [0.3, 0.4) is 0 Å². The van der Waals surface area contributed by atoms with Gasteiger partial charge in [0.25, 0.3) is 5.55 Å². The lowest BCUT2D eigenvalue weighted by molar-refractivity contribution is -0.451. The topological polar surface area (TPSA) is 0 Å². The standard InChI is InChI=1S/C10H7F17Si/c1-2(11)3(12,13)4(14,15)5(16,17)6(18,19)7(20,21)8(22,23)9(24,25)10(26,27)28/h2H,1,28H3. The Morgan fingerprint density at radius 1 is 0.464 bits per heavy atom. The average Bonchev–Trinajstić information content (AvgIpc) is 2.44. The van der Waals surface area contributed by atoms with Crippen molar-refractivity contribution in [2.24, 2.45) is 0 Å². The van der Waals surface area contributed by atoms with Crippen molar-refractivity contribution in [3.8, 4) is 0 Å². The Morgan fingerprint density at radius 3 is 0.893 bits per heavy atom. The zero-order valence-electron chi connectivity index (χ0n) is 13.0. The van der Waals surface area contributed by atoms with Gasteiger partial charge in [-0.15, -0.1) is 0 Å². The molecule has 0 spiro atoms. The van der Waals surface area contributed by atoms with Crippen LogP contribution in [0.1, 0.15) is 6.92 Å². The average molecular weight is 478 g/mol. The van der Waals surface area contributed by atoms with Gasteiger partial charge < -0.3 is 0 Å². The first-order valence-corrected chi connectivity index (χ1v) is 7.36. The van der Waals surface area contributed by atoms with Gasteiger partial charge in [-0.2, -0.15) is 61.5 Å². The molecule has 0 aliphatic rings. The quantitative estimate of drug-likeness (QED) is 0.349. The molecule has 0 aromatic heterocycles. The molecule has 1 atom stereocenters. The summed E-state index contributed by atoms with van der Waals surface area (Å²) in [6.45, 7) is -0.634. The van der Waals surface area contributed by atoms with Crippen LogP contribution in [0.25, 0.3) is 0 Å². The molecule has 0 aromatic carbocycles. The fourth-order valence-electron chi connectivity index (χ4n) is 1.52. The van der Waals surface area contributed by atoms with Crippen LogP contribution in [0, 0.1) is 0 Å². The van der Waals surface area contributed by atoms with Crippen LogP contribution in [0.2, 0.25) is 0 Å². The van der Waals surface area contributed by atoms with E-state index >= 15 is 0 Å². The molecule has 0 fully saturated rings. The highest BCUT2D eigenvalue weighted by molar-refractivity contribution is 6.14. The van der Waals surface area contributed by atoms with Gasteiger partial charge in [-0.25, -0.2) is 13.2 Å². The molecule has 1 unspecified atom stereocenters. The van der Waals surface area contributed by atoms with Crippen molar-refractivity contribution in [2.45, 2.75) is 60.1 Å². The van der Waals surface area contributed by atoms with E-state index in [0.717, 1.165) is 0 Å². The highest BCUT2D eigenvalue weighted by Crippen LogP contribution is 2.63. The smallest absolute Gasteiger partial charge is 0.241 e. The highest BCUT2D eigenvalue weighted by Gasteiger charge is 2.94. The van der Waals surface area contributed by atoms with Gasteiger partial charge in [0, 0.05) is 0 Å². The monoisotopic (exact) mass is 478 g/mol. The molecule has 0 amide bonds. The van der Waals surface area contributed by atoms with Crippen LogP contribution in [-0.4, -0.2) is 63.4 Å². The van der Waals surface area contributed by atoms with Crippen LogP contribution in [0.5, 0.6) is 0 Å². The number of hydrogen-bond acceptors (Lipinski definition) is 0. The van der Waals surface area contributed by atoms with Gasteiger partial charge in [-0.1, -0.05) is 0 Å². The van der Waals surface area contributed by atoms with Crippen LogP contribution in [0.4, 0.5) is 74.6 Å². The molecule has 0 aliphatic carbocycles. The lowest BCUT2D eigenvalue weighted by Crippen LogP contribution is -2.75. The summed E-state index contributed by atoms with van der Waals surface area (Å²) in [6.07, 6.45) is -4.45. The molecule has 28 heavy (non-hydrogen) atoms. The van der Waals surface area contributed by atoms with Crippen molar-refractivity contribution in [1.82, 2.24) is 0 Å². The van der Waals surface area contributed by atoms with E-state index in [2.05, 4.69) is 0 Å². The Hall–Kier alpha value is -0.973. The molecule has 0 radical (unpaired) electrons. The molecular weight excluding hydrogens is 471 g/mol. The third-order valence-electron chi connectivity index (χ3n) is 3.44. The van der Waals surface area contributed by atoms with E-state index in [1.165, 1.54) is 0 Å². The summed E-state index contributed by atoms with van der Waals surface area (Å²) in [6, 6.07) is 0. The largest absolute Gasteiger partial charge is 0.385 e. The van der Waals surface area contributed by atoms with Crippen molar-refractivity contribution in [2.75, 3.05) is 0 Å². The van der Waals surface area contributed by atoms with Gasteiger partial charge in [0.15, 0.2) is 6.17 Å². The van der Waals surface area contributed by atoms with E-state index in [0.29, 0.717) is 0 Å². The summed E-state index contributed by atoms with van der Waals surface area (Å²) in [4.78, 5) is 0. The maximum Gasteiger partial charge on any atom is 0.385 e. The lowest BCUT2D eigenvalue weighted by atomic mass is 9.88. The van der Waals surface area contributed by atoms with E-state index < -0.39 is 70.3 Å². The van der Waals surface area contributed by atoms with Crippen molar-refractivity contribution in [1.29, 1.82) is 0 Å². The molecule has 0 rings (SSSR count). The predicted molar refractivity (Wildman–Crippen MR) is 60.1 cm³/mol. The fourth-order valence-corrected chi connectivity index (χ4v) is 1.84. The van der Waals surface area contributed by atoms with Crippen LogP contribution in [-0.2, 0) is 0 Å². The molecule has 0 saturated heterocycles. The SMILES string of the molecule is CC(F)C(F)(F)C(F)(F)C(F)(F)C(F)(F)C(F)(F)C(F)(F)C(F)(F)C(F)(F)[SiH3]. The van der Waals surface area contributed by atoms with E-state index in [1.54, 1.807) is 0 Å². The van der Waals surface area contributed by atoms with Gasteiger partial charge in [0.1, 0.15) is 0 Å². The van der Waals surface area contributed by atoms with Crippen molar-refractivity contribution in [3.63, 3.8) is 0 Å². The third-order valence-corrected chi connectivity index (χ3v) is 4.07. The second-order valence-electron chi connectivity index (χ2n) is 5.57. The maximum atomic E-state index is 13.2. The van der Waals surface area contributed by atoms with E-state index in [1.807, 2.05) is 0 Å². The molecule has 0 aliphatic heterocycles. The summed E-state index contributed by atoms with van der Waals surface area (Å²) in [5.41, 5.74) is -6.16. The minimum absolute atomic E-state index is 0.634. The molecule has 0 nitrogen and oxygen atoms in total. The molecule has 0 aromatic rings. The second kappa shape index (κ2) is 6.51. The molecular formula is C10H7F17Si. The van der Waals surface area contributed by atoms with Crippen molar-refractivity contribution >= 4 is 10.2 Å². The molecule has 18 heteroatoms. The van der Waals surface area contributed by atoms with Gasteiger partial charge in [0.2, 0.25) is 0 Å². The van der Waals surface area contributed by atoms with Gasteiger partial charge in [-0.3, -0.25) is 0 Å². The van der Waals surface area contributed by atoms with Gasteiger partial charge >= 0.3 is 41.5 Å². The van der Waals surface area contributed by atoms with Crippen LogP contribution >= 0.6 is 0 Å². The number of rotatable bonds is 8. The summed E-state index contributed by atoms with van der Waals surface area (Å²) >= 11 is 0. The number of alkyl halides is 17. The Bertz CT molecular complexity index is 571. The highest BCUT2D eigenvalue weighted by atomic mass is 28.1. The van der Waals surface area contributed by atoms with Crippen molar-refractivity contribution in [3.05, 3.63) is 0 Å². The first kappa shape index (κ1) is 27.0. The third kappa shape index (κ3) is 3.12. The second-order valence-corrected chi connectivity index (χ2v) is 6.83. The Kier molecular flexibility index (Phi) is 6.29. The molecule has 0 saturated carbocycles.